The minimum Gasteiger partial charge on any atom is -0.507 e. The predicted molar refractivity (Wildman–Crippen MR) is 114 cm³/mol. The molecule has 1 unspecified atom stereocenters. The molecule has 1 saturated heterocycles. The molecule has 1 aliphatic heterocycles. The normalized spacial score (nSPS) is 17.8. The van der Waals surface area contributed by atoms with Crippen molar-refractivity contribution in [3.05, 3.63) is 83.3 Å². The number of aliphatic hydroxyl groups is 1. The minimum absolute atomic E-state index is 0.0488. The standard InChI is InChI=1S/C24H21NO6/c1-14-7-12-19(31-14)21-20(22(26)15-8-10-17(29-2)11-9-15)23(27)24(28)25(21)16-5-4-6-18(13-16)30-3/h4-13,21,26H,1-3H3/b22-20-. The highest BCUT2D eigenvalue weighted by molar-refractivity contribution is 6.51. The number of hydrogen-bond donors (Lipinski definition) is 1. The van der Waals surface area contributed by atoms with E-state index in [1.807, 2.05) is 0 Å². The maximum atomic E-state index is 13.1. The molecule has 2 heterocycles. The number of rotatable bonds is 5. The van der Waals surface area contributed by atoms with E-state index in [1.54, 1.807) is 67.6 Å². The van der Waals surface area contributed by atoms with Gasteiger partial charge in [0.2, 0.25) is 0 Å². The molecule has 7 heteroatoms. The number of hydrogen-bond acceptors (Lipinski definition) is 6. The lowest BCUT2D eigenvalue weighted by molar-refractivity contribution is -0.132. The van der Waals surface area contributed by atoms with Gasteiger partial charge in [0.1, 0.15) is 34.8 Å². The molecule has 0 spiro atoms. The number of furan rings is 1. The molecule has 0 saturated carbocycles. The highest BCUT2D eigenvalue weighted by Gasteiger charge is 2.48. The van der Waals surface area contributed by atoms with Crippen molar-refractivity contribution in [3.63, 3.8) is 0 Å². The molecule has 1 aromatic heterocycles. The summed E-state index contributed by atoms with van der Waals surface area (Å²) in [6, 6.07) is 15.9. The molecule has 0 radical (unpaired) electrons. The van der Waals surface area contributed by atoms with Crippen LogP contribution in [-0.2, 0) is 9.59 Å². The molecule has 0 bridgehead atoms. The van der Waals surface area contributed by atoms with Crippen LogP contribution in [0.25, 0.3) is 5.76 Å². The fourth-order valence-corrected chi connectivity index (χ4v) is 3.63. The van der Waals surface area contributed by atoms with Crippen molar-refractivity contribution in [1.29, 1.82) is 0 Å². The molecule has 0 aliphatic carbocycles. The van der Waals surface area contributed by atoms with Gasteiger partial charge < -0.3 is 19.0 Å². The highest BCUT2D eigenvalue weighted by atomic mass is 16.5. The molecule has 31 heavy (non-hydrogen) atoms. The van der Waals surface area contributed by atoms with E-state index >= 15 is 0 Å². The van der Waals surface area contributed by atoms with Crippen LogP contribution >= 0.6 is 0 Å². The van der Waals surface area contributed by atoms with Crippen LogP contribution in [-0.4, -0.2) is 31.0 Å². The summed E-state index contributed by atoms with van der Waals surface area (Å²) in [4.78, 5) is 27.5. The number of anilines is 1. The molecule has 1 aliphatic rings. The third kappa shape index (κ3) is 3.54. The van der Waals surface area contributed by atoms with Crippen LogP contribution in [0.3, 0.4) is 0 Å². The lowest BCUT2D eigenvalue weighted by atomic mass is 9.99. The Morgan fingerprint density at radius 2 is 1.68 bits per heavy atom. The summed E-state index contributed by atoms with van der Waals surface area (Å²) in [5, 5.41) is 11.0. The molecule has 2 aromatic carbocycles. The van der Waals surface area contributed by atoms with Crippen LogP contribution in [0.4, 0.5) is 5.69 Å². The van der Waals surface area contributed by atoms with Crippen LogP contribution in [0, 0.1) is 6.92 Å². The summed E-state index contributed by atoms with van der Waals surface area (Å²) < 4.78 is 16.2. The molecule has 4 rings (SSSR count). The van der Waals surface area contributed by atoms with Crippen LogP contribution in [0.1, 0.15) is 23.1 Å². The minimum atomic E-state index is -0.928. The van der Waals surface area contributed by atoms with Gasteiger partial charge in [-0.25, -0.2) is 0 Å². The molecule has 7 nitrogen and oxygen atoms in total. The first-order valence-corrected chi connectivity index (χ1v) is 9.60. The second-order valence-electron chi connectivity index (χ2n) is 7.05. The zero-order valence-corrected chi connectivity index (χ0v) is 17.3. The number of carbonyl (C=O) groups excluding carboxylic acids is 2. The molecular weight excluding hydrogens is 398 g/mol. The number of carbonyl (C=O) groups is 2. The number of benzene rings is 2. The van der Waals surface area contributed by atoms with Crippen molar-refractivity contribution in [2.24, 2.45) is 0 Å². The molecule has 3 aromatic rings. The van der Waals surface area contributed by atoms with Gasteiger partial charge in [-0.15, -0.1) is 0 Å². The van der Waals surface area contributed by atoms with Crippen LogP contribution < -0.4 is 14.4 Å². The largest absolute Gasteiger partial charge is 0.507 e. The maximum Gasteiger partial charge on any atom is 0.300 e. The van der Waals surface area contributed by atoms with Crippen LogP contribution in [0.15, 0.2) is 70.7 Å². The van der Waals surface area contributed by atoms with Crippen molar-refractivity contribution in [3.8, 4) is 11.5 Å². The zero-order chi connectivity index (χ0) is 22.1. The third-order valence-electron chi connectivity index (χ3n) is 5.17. The third-order valence-corrected chi connectivity index (χ3v) is 5.17. The van der Waals surface area contributed by atoms with Crippen molar-refractivity contribution in [1.82, 2.24) is 0 Å². The van der Waals surface area contributed by atoms with Gasteiger partial charge in [-0.1, -0.05) is 6.07 Å². The Kier molecular flexibility index (Phi) is 5.25. The Balaban J connectivity index is 1.90. The van der Waals surface area contributed by atoms with Crippen molar-refractivity contribution < 1.29 is 28.6 Å². The molecular formula is C24H21NO6. The van der Waals surface area contributed by atoms with Gasteiger partial charge in [-0.05, 0) is 55.5 Å². The van der Waals surface area contributed by atoms with E-state index in [0.717, 1.165) is 0 Å². The van der Waals surface area contributed by atoms with Gasteiger partial charge in [0, 0.05) is 17.3 Å². The van der Waals surface area contributed by atoms with Gasteiger partial charge in [0.25, 0.3) is 11.7 Å². The number of nitrogens with zero attached hydrogens (tertiary/aromatic N) is 1. The maximum absolute atomic E-state index is 13.1. The SMILES string of the molecule is COc1ccc(/C(O)=C2/C(=O)C(=O)N(c3cccc(OC)c3)C2c2ccc(C)o2)cc1. The molecule has 1 fully saturated rings. The fraction of sp³-hybridized carbons (Fsp3) is 0.167. The second kappa shape index (κ2) is 8.02. The van der Waals surface area contributed by atoms with E-state index in [1.165, 1.54) is 19.1 Å². The fourth-order valence-electron chi connectivity index (χ4n) is 3.63. The first-order valence-electron chi connectivity index (χ1n) is 9.60. The number of aryl methyl sites for hydroxylation is 1. The van der Waals surface area contributed by atoms with E-state index in [0.29, 0.717) is 34.3 Å². The van der Waals surface area contributed by atoms with E-state index < -0.39 is 17.7 Å². The average molecular weight is 419 g/mol. The van der Waals surface area contributed by atoms with E-state index in [-0.39, 0.29) is 11.3 Å². The Hall–Kier alpha value is -4.00. The van der Waals surface area contributed by atoms with E-state index in [4.69, 9.17) is 13.9 Å². The summed E-state index contributed by atoms with van der Waals surface area (Å²) in [5.74, 6) is 0.281. The Morgan fingerprint density at radius 1 is 0.968 bits per heavy atom. The number of ketones is 1. The van der Waals surface area contributed by atoms with E-state index in [2.05, 4.69) is 0 Å². The summed E-state index contributed by atoms with van der Waals surface area (Å²) in [6.45, 7) is 1.77. The van der Waals surface area contributed by atoms with Gasteiger partial charge in [-0.3, -0.25) is 14.5 Å². The van der Waals surface area contributed by atoms with Crippen LogP contribution in [0.5, 0.6) is 11.5 Å². The quantitative estimate of drug-likeness (QED) is 0.378. The predicted octanol–water partition coefficient (Wildman–Crippen LogP) is 4.23. The number of aliphatic hydroxyl groups excluding tert-OH is 1. The van der Waals surface area contributed by atoms with Gasteiger partial charge in [0.05, 0.1) is 19.8 Å². The van der Waals surface area contributed by atoms with Crippen molar-refractivity contribution in [2.45, 2.75) is 13.0 Å². The lowest BCUT2D eigenvalue weighted by Gasteiger charge is -2.23. The first kappa shape index (κ1) is 20.3. The van der Waals surface area contributed by atoms with Gasteiger partial charge in [-0.2, -0.15) is 0 Å². The molecule has 1 N–H and O–H groups in total. The Labute approximate surface area is 179 Å². The topological polar surface area (TPSA) is 89.2 Å². The van der Waals surface area contributed by atoms with E-state index in [9.17, 15) is 14.7 Å². The highest BCUT2D eigenvalue weighted by Crippen LogP contribution is 2.43. The average Bonchev–Trinajstić information content (AvgIpc) is 3.34. The first-order chi connectivity index (χ1) is 14.9. The van der Waals surface area contributed by atoms with Crippen molar-refractivity contribution >= 4 is 23.1 Å². The summed E-state index contributed by atoms with van der Waals surface area (Å²) in [6.07, 6.45) is 0. The number of ether oxygens (including phenoxy) is 2. The smallest absolute Gasteiger partial charge is 0.300 e. The monoisotopic (exact) mass is 419 g/mol. The van der Waals surface area contributed by atoms with Crippen LogP contribution in [0.2, 0.25) is 0 Å². The second-order valence-corrected chi connectivity index (χ2v) is 7.05. The lowest BCUT2D eigenvalue weighted by Crippen LogP contribution is -2.29. The molecule has 1 atom stereocenters. The van der Waals surface area contributed by atoms with Crippen molar-refractivity contribution in [2.75, 3.05) is 19.1 Å². The molecule has 158 valence electrons. The zero-order valence-electron chi connectivity index (χ0n) is 17.3. The number of Topliss-reactive ketones (excluding diaryl/α,β-unsaturated/α-hetero) is 1. The van der Waals surface area contributed by atoms with Gasteiger partial charge >= 0.3 is 0 Å². The molecule has 1 amide bonds. The van der Waals surface area contributed by atoms with Gasteiger partial charge in [0.15, 0.2) is 0 Å². The summed E-state index contributed by atoms with van der Waals surface area (Å²) in [5.41, 5.74) is 0.791. The Morgan fingerprint density at radius 3 is 2.29 bits per heavy atom. The summed E-state index contributed by atoms with van der Waals surface area (Å²) in [7, 11) is 3.05. The Bertz CT molecular complexity index is 1170. The summed E-state index contributed by atoms with van der Waals surface area (Å²) >= 11 is 0. The number of amides is 1. The number of methoxy groups -OCH3 is 2.